The number of rotatable bonds is 4. The van der Waals surface area contributed by atoms with E-state index in [0.717, 1.165) is 26.2 Å². The van der Waals surface area contributed by atoms with Gasteiger partial charge in [0.1, 0.15) is 12.4 Å². The normalized spacial score (nSPS) is 19.8. The van der Waals surface area contributed by atoms with E-state index in [-0.39, 0.29) is 12.4 Å². The molecule has 1 fully saturated rings. The minimum Gasteiger partial charge on any atom is -0.491 e. The van der Waals surface area contributed by atoms with Crippen LogP contribution in [0.15, 0.2) is 18.2 Å². The summed E-state index contributed by atoms with van der Waals surface area (Å²) < 4.78 is 5.69. The van der Waals surface area contributed by atoms with E-state index in [4.69, 9.17) is 27.9 Å². The first-order valence-electron chi connectivity index (χ1n) is 6.19. The van der Waals surface area contributed by atoms with Crippen LogP contribution in [0.25, 0.3) is 0 Å². The zero-order valence-electron chi connectivity index (χ0n) is 10.9. The molecular weight excluding hydrogens is 307 g/mol. The highest BCUT2D eigenvalue weighted by atomic mass is 35.5. The molecule has 0 amide bonds. The Balaban J connectivity index is 0.00000180. The molecule has 3 nitrogen and oxygen atoms in total. The monoisotopic (exact) mass is 324 g/mol. The van der Waals surface area contributed by atoms with Crippen LogP contribution in [0.2, 0.25) is 10.0 Å². The van der Waals surface area contributed by atoms with Crippen LogP contribution in [0.1, 0.15) is 6.92 Å². The van der Waals surface area contributed by atoms with Crippen molar-refractivity contribution in [1.82, 2.24) is 10.2 Å². The Bertz CT molecular complexity index is 403. The van der Waals surface area contributed by atoms with Gasteiger partial charge in [-0.25, -0.2) is 0 Å². The molecule has 1 heterocycles. The van der Waals surface area contributed by atoms with Crippen molar-refractivity contribution in [2.45, 2.75) is 13.0 Å². The van der Waals surface area contributed by atoms with Crippen molar-refractivity contribution in [3.05, 3.63) is 28.2 Å². The Morgan fingerprint density at radius 3 is 2.89 bits per heavy atom. The summed E-state index contributed by atoms with van der Waals surface area (Å²) in [6.07, 6.45) is 0. The maximum absolute atomic E-state index is 6.05. The fourth-order valence-electron chi connectivity index (χ4n) is 2.08. The zero-order chi connectivity index (χ0) is 13.0. The van der Waals surface area contributed by atoms with Crippen LogP contribution in [0.5, 0.6) is 5.75 Å². The summed E-state index contributed by atoms with van der Waals surface area (Å²) in [5, 5.41) is 4.56. The molecule has 19 heavy (non-hydrogen) atoms. The van der Waals surface area contributed by atoms with Crippen molar-refractivity contribution in [2.24, 2.45) is 0 Å². The molecular formula is C13H19Cl3N2O. The maximum atomic E-state index is 6.05. The maximum Gasteiger partial charge on any atom is 0.138 e. The van der Waals surface area contributed by atoms with Gasteiger partial charge in [0.2, 0.25) is 0 Å². The topological polar surface area (TPSA) is 24.5 Å². The van der Waals surface area contributed by atoms with Gasteiger partial charge < -0.3 is 10.1 Å². The van der Waals surface area contributed by atoms with E-state index in [1.54, 1.807) is 12.1 Å². The van der Waals surface area contributed by atoms with Gasteiger partial charge in [0, 0.05) is 37.2 Å². The molecule has 1 atom stereocenters. The van der Waals surface area contributed by atoms with Crippen LogP contribution in [0, 0.1) is 0 Å². The van der Waals surface area contributed by atoms with Gasteiger partial charge in [-0.05, 0) is 25.1 Å². The standard InChI is InChI=1S/C13H18Cl2N2O.ClH/c1-10-9-16-4-5-17(10)6-7-18-13-3-2-11(14)8-12(13)15;/h2-3,8,10,16H,4-7,9H2,1H3;1H/t10-;/m1./s1. The van der Waals surface area contributed by atoms with Gasteiger partial charge in [-0.1, -0.05) is 23.2 Å². The second-order valence-electron chi connectivity index (χ2n) is 4.51. The number of hydrogen-bond donors (Lipinski definition) is 1. The third kappa shape index (κ3) is 5.01. The van der Waals surface area contributed by atoms with Gasteiger partial charge in [-0.3, -0.25) is 4.90 Å². The molecule has 0 radical (unpaired) electrons. The van der Waals surface area contributed by atoms with Crippen LogP contribution in [0.3, 0.4) is 0 Å². The SMILES string of the molecule is C[C@@H]1CNCCN1CCOc1ccc(Cl)cc1Cl.Cl. The molecule has 0 bridgehead atoms. The first-order valence-corrected chi connectivity index (χ1v) is 6.95. The van der Waals surface area contributed by atoms with Crippen molar-refractivity contribution in [1.29, 1.82) is 0 Å². The summed E-state index contributed by atoms with van der Waals surface area (Å²) in [6.45, 7) is 6.95. The van der Waals surface area contributed by atoms with Gasteiger partial charge in [0.15, 0.2) is 0 Å². The number of benzene rings is 1. The average molecular weight is 326 g/mol. The first-order chi connectivity index (χ1) is 8.66. The number of piperazine rings is 1. The highest BCUT2D eigenvalue weighted by Crippen LogP contribution is 2.27. The molecule has 1 aromatic carbocycles. The van der Waals surface area contributed by atoms with Gasteiger partial charge >= 0.3 is 0 Å². The Morgan fingerprint density at radius 2 is 2.21 bits per heavy atom. The Hall–Kier alpha value is -0.190. The second-order valence-corrected chi connectivity index (χ2v) is 5.36. The summed E-state index contributed by atoms with van der Waals surface area (Å²) in [4.78, 5) is 2.42. The summed E-state index contributed by atoms with van der Waals surface area (Å²) >= 11 is 11.9. The molecule has 108 valence electrons. The van der Waals surface area contributed by atoms with Gasteiger partial charge in [-0.2, -0.15) is 0 Å². The van der Waals surface area contributed by atoms with E-state index in [1.807, 2.05) is 6.07 Å². The quantitative estimate of drug-likeness (QED) is 0.920. The smallest absolute Gasteiger partial charge is 0.138 e. The summed E-state index contributed by atoms with van der Waals surface area (Å²) in [5.74, 6) is 0.698. The lowest BCUT2D eigenvalue weighted by molar-refractivity contribution is 0.143. The number of nitrogens with one attached hydrogen (secondary N) is 1. The predicted molar refractivity (Wildman–Crippen MR) is 83.1 cm³/mol. The molecule has 0 spiro atoms. The van der Waals surface area contributed by atoms with Crippen LogP contribution < -0.4 is 10.1 Å². The molecule has 0 aromatic heterocycles. The van der Waals surface area contributed by atoms with Crippen molar-refractivity contribution < 1.29 is 4.74 Å². The number of halogens is 3. The van der Waals surface area contributed by atoms with E-state index in [1.165, 1.54) is 0 Å². The van der Waals surface area contributed by atoms with Crippen LogP contribution in [-0.4, -0.2) is 43.7 Å². The van der Waals surface area contributed by atoms with Crippen LogP contribution in [-0.2, 0) is 0 Å². The van der Waals surface area contributed by atoms with Crippen LogP contribution in [0.4, 0.5) is 0 Å². The van der Waals surface area contributed by atoms with Crippen molar-refractivity contribution in [2.75, 3.05) is 32.8 Å². The molecule has 0 saturated carbocycles. The third-order valence-corrected chi connectivity index (χ3v) is 3.70. The first kappa shape index (κ1) is 16.9. The lowest BCUT2D eigenvalue weighted by Crippen LogP contribution is -2.50. The largest absolute Gasteiger partial charge is 0.491 e. The average Bonchev–Trinajstić information content (AvgIpc) is 2.34. The molecule has 6 heteroatoms. The van der Waals surface area contributed by atoms with E-state index >= 15 is 0 Å². The Labute approximate surface area is 130 Å². The Kier molecular flexibility index (Phi) is 7.26. The second kappa shape index (κ2) is 8.18. The molecule has 2 rings (SSSR count). The van der Waals surface area contributed by atoms with Crippen molar-refractivity contribution >= 4 is 35.6 Å². The van der Waals surface area contributed by atoms with Gasteiger partial charge in [0.05, 0.1) is 5.02 Å². The highest BCUT2D eigenvalue weighted by molar-refractivity contribution is 6.35. The highest BCUT2D eigenvalue weighted by Gasteiger charge is 2.17. The van der Waals surface area contributed by atoms with Gasteiger partial charge in [0.25, 0.3) is 0 Å². The lowest BCUT2D eigenvalue weighted by atomic mass is 10.2. The number of ether oxygens (including phenoxy) is 1. The molecule has 0 unspecified atom stereocenters. The molecule has 1 saturated heterocycles. The molecule has 1 aliphatic heterocycles. The minimum absolute atomic E-state index is 0. The fraction of sp³-hybridized carbons (Fsp3) is 0.538. The third-order valence-electron chi connectivity index (χ3n) is 3.17. The van der Waals surface area contributed by atoms with Gasteiger partial charge in [-0.15, -0.1) is 12.4 Å². The molecule has 1 aliphatic rings. The summed E-state index contributed by atoms with van der Waals surface area (Å²) in [5.41, 5.74) is 0. The zero-order valence-corrected chi connectivity index (χ0v) is 13.2. The minimum atomic E-state index is 0. The predicted octanol–water partition coefficient (Wildman–Crippen LogP) is 3.09. The van der Waals surface area contributed by atoms with E-state index in [0.29, 0.717) is 28.4 Å². The summed E-state index contributed by atoms with van der Waals surface area (Å²) in [6, 6.07) is 5.86. The van der Waals surface area contributed by atoms with Crippen molar-refractivity contribution in [3.63, 3.8) is 0 Å². The Morgan fingerprint density at radius 1 is 1.42 bits per heavy atom. The van der Waals surface area contributed by atoms with E-state index in [9.17, 15) is 0 Å². The molecule has 0 aliphatic carbocycles. The fourth-order valence-corrected chi connectivity index (χ4v) is 2.54. The molecule has 1 aromatic rings. The van der Waals surface area contributed by atoms with E-state index < -0.39 is 0 Å². The summed E-state index contributed by atoms with van der Waals surface area (Å²) in [7, 11) is 0. The van der Waals surface area contributed by atoms with Crippen molar-refractivity contribution in [3.8, 4) is 5.75 Å². The number of nitrogens with zero attached hydrogens (tertiary/aromatic N) is 1. The van der Waals surface area contributed by atoms with E-state index in [2.05, 4.69) is 17.1 Å². The molecule has 1 N–H and O–H groups in total. The lowest BCUT2D eigenvalue weighted by Gasteiger charge is -2.33. The number of hydrogen-bond acceptors (Lipinski definition) is 3. The van der Waals surface area contributed by atoms with Crippen LogP contribution >= 0.6 is 35.6 Å².